The van der Waals surface area contributed by atoms with Crippen LogP contribution >= 0.6 is 27.3 Å². The van der Waals surface area contributed by atoms with Crippen molar-refractivity contribution in [2.45, 2.75) is 6.36 Å². The van der Waals surface area contributed by atoms with Crippen molar-refractivity contribution in [1.29, 1.82) is 0 Å². The van der Waals surface area contributed by atoms with E-state index in [9.17, 15) is 13.2 Å². The van der Waals surface area contributed by atoms with Crippen molar-refractivity contribution in [1.82, 2.24) is 4.98 Å². The number of ether oxygens (including phenoxy) is 1. The molecule has 0 saturated heterocycles. The van der Waals surface area contributed by atoms with Gasteiger partial charge in [-0.15, -0.1) is 13.2 Å². The molecule has 2 rings (SSSR count). The summed E-state index contributed by atoms with van der Waals surface area (Å²) in [6, 6.07) is 2.83. The van der Waals surface area contributed by atoms with Crippen LogP contribution in [0.1, 0.15) is 0 Å². The Labute approximate surface area is 100 Å². The molecular formula is C8H4BrF3N2OS. The zero-order valence-electron chi connectivity index (χ0n) is 7.51. The van der Waals surface area contributed by atoms with Crippen molar-refractivity contribution in [2.24, 2.45) is 0 Å². The van der Waals surface area contributed by atoms with Crippen molar-refractivity contribution < 1.29 is 17.9 Å². The molecule has 3 nitrogen and oxygen atoms in total. The van der Waals surface area contributed by atoms with Crippen molar-refractivity contribution in [3.63, 3.8) is 0 Å². The molecule has 1 aromatic heterocycles. The number of nitrogen functional groups attached to an aromatic ring is 1. The van der Waals surface area contributed by atoms with Gasteiger partial charge in [-0.05, 0) is 12.1 Å². The van der Waals surface area contributed by atoms with E-state index in [4.69, 9.17) is 5.73 Å². The summed E-state index contributed by atoms with van der Waals surface area (Å²) in [7, 11) is 0. The number of nitrogens with zero attached hydrogens (tertiary/aromatic N) is 1. The van der Waals surface area contributed by atoms with Crippen LogP contribution in [-0.2, 0) is 0 Å². The van der Waals surface area contributed by atoms with E-state index in [0.717, 1.165) is 11.3 Å². The lowest BCUT2D eigenvalue weighted by atomic mass is 10.3. The van der Waals surface area contributed by atoms with E-state index >= 15 is 0 Å². The molecule has 0 fully saturated rings. The summed E-state index contributed by atoms with van der Waals surface area (Å²) < 4.78 is 41.2. The van der Waals surface area contributed by atoms with Gasteiger partial charge in [0.05, 0.1) is 4.70 Å². The number of aromatic nitrogens is 1. The standard InChI is InChI=1S/C8H4BrF3N2OS/c9-3-1-4(15-8(10,11)12)6-5(2-3)16-7(13)14-6/h1-2H,(H2,13,14). The summed E-state index contributed by atoms with van der Waals surface area (Å²) in [5.41, 5.74) is 5.54. The van der Waals surface area contributed by atoms with Crippen LogP contribution in [-0.4, -0.2) is 11.3 Å². The quantitative estimate of drug-likeness (QED) is 0.876. The zero-order chi connectivity index (χ0) is 11.9. The summed E-state index contributed by atoms with van der Waals surface area (Å²) >= 11 is 4.19. The van der Waals surface area contributed by atoms with E-state index in [1.165, 1.54) is 6.07 Å². The number of hydrogen-bond acceptors (Lipinski definition) is 4. The molecule has 0 aliphatic rings. The van der Waals surface area contributed by atoms with Crippen molar-refractivity contribution in [2.75, 3.05) is 5.73 Å². The number of hydrogen-bond donors (Lipinski definition) is 1. The molecule has 1 heterocycles. The number of anilines is 1. The number of halogens is 4. The average molecular weight is 313 g/mol. The van der Waals surface area contributed by atoms with Gasteiger partial charge in [-0.1, -0.05) is 27.3 Å². The molecule has 0 spiro atoms. The third-order valence-corrected chi connectivity index (χ3v) is 2.96. The van der Waals surface area contributed by atoms with Gasteiger partial charge in [-0.25, -0.2) is 4.98 Å². The molecule has 0 aliphatic heterocycles. The van der Waals surface area contributed by atoms with Gasteiger partial charge < -0.3 is 10.5 Å². The first-order valence-electron chi connectivity index (χ1n) is 3.96. The fraction of sp³-hybridized carbons (Fsp3) is 0.125. The second kappa shape index (κ2) is 3.77. The highest BCUT2D eigenvalue weighted by molar-refractivity contribution is 9.10. The first-order chi connectivity index (χ1) is 7.35. The maximum atomic E-state index is 12.1. The first kappa shape index (κ1) is 11.5. The number of nitrogens with two attached hydrogens (primary N) is 1. The van der Waals surface area contributed by atoms with E-state index in [1.54, 1.807) is 6.07 Å². The van der Waals surface area contributed by atoms with Gasteiger partial charge in [0.1, 0.15) is 5.52 Å². The van der Waals surface area contributed by atoms with Gasteiger partial charge in [0.2, 0.25) is 0 Å². The minimum Gasteiger partial charge on any atom is -0.403 e. The highest BCUT2D eigenvalue weighted by atomic mass is 79.9. The largest absolute Gasteiger partial charge is 0.573 e. The SMILES string of the molecule is Nc1nc2c(OC(F)(F)F)cc(Br)cc2s1. The lowest BCUT2D eigenvalue weighted by Crippen LogP contribution is -2.17. The third kappa shape index (κ3) is 2.38. The Morgan fingerprint density at radius 2 is 2.06 bits per heavy atom. The number of thiazole rings is 1. The van der Waals surface area contributed by atoms with Crippen LogP contribution in [0.25, 0.3) is 10.2 Å². The maximum absolute atomic E-state index is 12.1. The highest BCUT2D eigenvalue weighted by Gasteiger charge is 2.32. The predicted molar refractivity (Wildman–Crippen MR) is 58.4 cm³/mol. The Morgan fingerprint density at radius 3 is 2.69 bits per heavy atom. The van der Waals surface area contributed by atoms with E-state index in [2.05, 4.69) is 25.7 Å². The Morgan fingerprint density at radius 1 is 1.38 bits per heavy atom. The summed E-state index contributed by atoms with van der Waals surface area (Å²) in [6.07, 6.45) is -4.74. The van der Waals surface area contributed by atoms with Crippen LogP contribution in [0.4, 0.5) is 18.3 Å². The number of alkyl halides is 3. The number of fused-ring (bicyclic) bond motifs is 1. The van der Waals surface area contributed by atoms with Gasteiger partial charge in [0.15, 0.2) is 10.9 Å². The summed E-state index contributed by atoms with van der Waals surface area (Å²) in [4.78, 5) is 3.79. The third-order valence-electron chi connectivity index (χ3n) is 1.67. The second-order valence-corrected chi connectivity index (χ2v) is 4.83. The van der Waals surface area contributed by atoms with Crippen molar-refractivity contribution in [3.05, 3.63) is 16.6 Å². The van der Waals surface area contributed by atoms with E-state index in [0.29, 0.717) is 9.17 Å². The van der Waals surface area contributed by atoms with Gasteiger partial charge in [-0.2, -0.15) is 0 Å². The molecule has 0 unspecified atom stereocenters. The van der Waals surface area contributed by atoms with Gasteiger partial charge in [-0.3, -0.25) is 0 Å². The molecular weight excluding hydrogens is 309 g/mol. The monoisotopic (exact) mass is 312 g/mol. The number of benzene rings is 1. The molecule has 0 aliphatic carbocycles. The summed E-state index contributed by atoms with van der Waals surface area (Å²) in [5.74, 6) is -0.357. The second-order valence-electron chi connectivity index (χ2n) is 2.85. The highest BCUT2D eigenvalue weighted by Crippen LogP contribution is 2.36. The van der Waals surface area contributed by atoms with E-state index in [-0.39, 0.29) is 16.4 Å². The van der Waals surface area contributed by atoms with Gasteiger partial charge in [0, 0.05) is 4.47 Å². The Bertz CT molecular complexity index is 540. The van der Waals surface area contributed by atoms with Crippen LogP contribution < -0.4 is 10.5 Å². The molecule has 2 N–H and O–H groups in total. The molecule has 1 aromatic carbocycles. The molecule has 86 valence electrons. The van der Waals surface area contributed by atoms with Crippen LogP contribution in [0, 0.1) is 0 Å². The first-order valence-corrected chi connectivity index (χ1v) is 5.57. The lowest BCUT2D eigenvalue weighted by molar-refractivity contribution is -0.274. The Kier molecular flexibility index (Phi) is 2.70. The zero-order valence-corrected chi connectivity index (χ0v) is 9.91. The molecule has 8 heteroatoms. The molecule has 16 heavy (non-hydrogen) atoms. The molecule has 0 atom stereocenters. The van der Waals surface area contributed by atoms with E-state index < -0.39 is 6.36 Å². The Hall–Kier alpha value is -1.02. The van der Waals surface area contributed by atoms with E-state index in [1.807, 2.05) is 0 Å². The average Bonchev–Trinajstić information content (AvgIpc) is 2.42. The normalized spacial score (nSPS) is 12.0. The van der Waals surface area contributed by atoms with Crippen LogP contribution in [0.3, 0.4) is 0 Å². The Balaban J connectivity index is 2.58. The van der Waals surface area contributed by atoms with Crippen molar-refractivity contribution in [3.8, 4) is 5.75 Å². The summed E-state index contributed by atoms with van der Waals surface area (Å²) in [6.45, 7) is 0. The maximum Gasteiger partial charge on any atom is 0.573 e. The summed E-state index contributed by atoms with van der Waals surface area (Å²) in [5, 5.41) is 0.195. The fourth-order valence-electron chi connectivity index (χ4n) is 1.19. The van der Waals surface area contributed by atoms with Crippen molar-refractivity contribution >= 4 is 42.6 Å². The predicted octanol–water partition coefficient (Wildman–Crippen LogP) is 3.54. The lowest BCUT2D eigenvalue weighted by Gasteiger charge is -2.09. The van der Waals surface area contributed by atoms with Crippen LogP contribution in [0.2, 0.25) is 0 Å². The minimum absolute atomic E-state index is 0.114. The minimum atomic E-state index is -4.74. The molecule has 0 amide bonds. The smallest absolute Gasteiger partial charge is 0.403 e. The van der Waals surface area contributed by atoms with Gasteiger partial charge in [0.25, 0.3) is 0 Å². The molecule has 0 bridgehead atoms. The van der Waals surface area contributed by atoms with Crippen LogP contribution in [0.15, 0.2) is 16.6 Å². The number of rotatable bonds is 1. The fourth-order valence-corrected chi connectivity index (χ4v) is 2.57. The topological polar surface area (TPSA) is 48.1 Å². The molecule has 2 aromatic rings. The van der Waals surface area contributed by atoms with Gasteiger partial charge >= 0.3 is 6.36 Å². The molecule has 0 radical (unpaired) electrons. The van der Waals surface area contributed by atoms with Crippen LogP contribution in [0.5, 0.6) is 5.75 Å². The molecule has 0 saturated carbocycles.